The van der Waals surface area contributed by atoms with Crippen molar-refractivity contribution >= 4 is 5.91 Å². The average Bonchev–Trinajstić information content (AvgIpc) is 2.44. The maximum Gasteiger partial charge on any atom is 0.220 e. The molecule has 0 saturated carbocycles. The zero-order valence-corrected chi connectivity index (χ0v) is 10.7. The van der Waals surface area contributed by atoms with Crippen molar-refractivity contribution in [1.29, 1.82) is 0 Å². The molecule has 0 bridgehead atoms. The van der Waals surface area contributed by atoms with E-state index in [1.165, 1.54) is 0 Å². The first-order valence-electron chi connectivity index (χ1n) is 6.32. The maximum atomic E-state index is 11.7. The molecule has 0 saturated heterocycles. The van der Waals surface area contributed by atoms with Gasteiger partial charge in [0.05, 0.1) is 0 Å². The molecule has 1 amide bonds. The minimum Gasteiger partial charge on any atom is -0.508 e. The predicted octanol–water partition coefficient (Wildman–Crippen LogP) is 2.64. The summed E-state index contributed by atoms with van der Waals surface area (Å²) >= 11 is 0. The van der Waals surface area contributed by atoms with Crippen LogP contribution in [-0.2, 0) is 17.8 Å². The lowest BCUT2D eigenvalue weighted by molar-refractivity contribution is -0.121. The van der Waals surface area contributed by atoms with Gasteiger partial charge in [-0.15, -0.1) is 0 Å². The van der Waals surface area contributed by atoms with E-state index in [4.69, 9.17) is 0 Å². The van der Waals surface area contributed by atoms with Crippen LogP contribution in [0.5, 0.6) is 5.75 Å². The van der Waals surface area contributed by atoms with E-state index in [-0.39, 0.29) is 11.7 Å². The minimum atomic E-state index is 0.0206. The molecule has 2 rings (SSSR count). The molecule has 3 heteroatoms. The summed E-state index contributed by atoms with van der Waals surface area (Å²) in [4.78, 5) is 11.7. The van der Waals surface area contributed by atoms with Crippen LogP contribution >= 0.6 is 0 Å². The molecule has 0 aromatic heterocycles. The summed E-state index contributed by atoms with van der Waals surface area (Å²) in [5.41, 5.74) is 2.06. The van der Waals surface area contributed by atoms with Crippen LogP contribution in [0.4, 0.5) is 0 Å². The number of nitrogens with one attached hydrogen (secondary N) is 1. The first-order chi connectivity index (χ1) is 9.24. The van der Waals surface area contributed by atoms with Crippen LogP contribution in [0, 0.1) is 0 Å². The first-order valence-corrected chi connectivity index (χ1v) is 6.32. The van der Waals surface area contributed by atoms with Gasteiger partial charge in [-0.2, -0.15) is 0 Å². The fourth-order valence-corrected chi connectivity index (χ4v) is 1.86. The van der Waals surface area contributed by atoms with Crippen LogP contribution in [-0.4, -0.2) is 11.0 Å². The SMILES string of the molecule is O=C(CCc1ccccc1)NCc1cccc(O)c1. The highest BCUT2D eigenvalue weighted by atomic mass is 16.3. The zero-order valence-electron chi connectivity index (χ0n) is 10.7. The van der Waals surface area contributed by atoms with Gasteiger partial charge in [0, 0.05) is 13.0 Å². The molecule has 0 heterocycles. The van der Waals surface area contributed by atoms with Gasteiger partial charge in [0.2, 0.25) is 5.91 Å². The molecule has 98 valence electrons. The normalized spacial score (nSPS) is 10.1. The third-order valence-electron chi connectivity index (χ3n) is 2.88. The Kier molecular flexibility index (Phi) is 4.56. The summed E-state index contributed by atoms with van der Waals surface area (Å²) in [6.45, 7) is 0.446. The summed E-state index contributed by atoms with van der Waals surface area (Å²) in [6, 6.07) is 16.8. The summed E-state index contributed by atoms with van der Waals surface area (Å²) in [7, 11) is 0. The van der Waals surface area contributed by atoms with E-state index in [2.05, 4.69) is 5.32 Å². The number of carbonyl (C=O) groups is 1. The lowest BCUT2D eigenvalue weighted by atomic mass is 10.1. The highest BCUT2D eigenvalue weighted by molar-refractivity contribution is 5.76. The molecule has 0 atom stereocenters. The number of phenolic OH excluding ortho intramolecular Hbond substituents is 1. The molecule has 0 aliphatic rings. The number of aromatic hydroxyl groups is 1. The van der Waals surface area contributed by atoms with Crippen molar-refractivity contribution in [2.45, 2.75) is 19.4 Å². The summed E-state index contributed by atoms with van der Waals surface area (Å²) in [6.07, 6.45) is 1.22. The van der Waals surface area contributed by atoms with Crippen LogP contribution in [0.25, 0.3) is 0 Å². The van der Waals surface area contributed by atoms with Gasteiger partial charge >= 0.3 is 0 Å². The van der Waals surface area contributed by atoms with Gasteiger partial charge in [-0.25, -0.2) is 0 Å². The van der Waals surface area contributed by atoms with Crippen LogP contribution in [0.3, 0.4) is 0 Å². The topological polar surface area (TPSA) is 49.3 Å². The highest BCUT2D eigenvalue weighted by Gasteiger charge is 2.02. The Labute approximate surface area is 112 Å². The maximum absolute atomic E-state index is 11.7. The standard InChI is InChI=1S/C16H17NO2/c18-15-8-4-7-14(11-15)12-17-16(19)10-9-13-5-2-1-3-6-13/h1-8,11,18H,9-10,12H2,(H,17,19). The first kappa shape index (κ1) is 13.1. The van der Waals surface area contributed by atoms with Gasteiger partial charge in [0.1, 0.15) is 5.75 Å². The summed E-state index contributed by atoms with van der Waals surface area (Å²) in [5.74, 6) is 0.239. The van der Waals surface area contributed by atoms with E-state index in [0.717, 1.165) is 17.5 Å². The fourth-order valence-electron chi connectivity index (χ4n) is 1.86. The van der Waals surface area contributed by atoms with Crippen molar-refractivity contribution in [3.8, 4) is 5.75 Å². The molecule has 19 heavy (non-hydrogen) atoms. The van der Waals surface area contributed by atoms with Gasteiger partial charge in [-0.3, -0.25) is 4.79 Å². The third-order valence-corrected chi connectivity index (χ3v) is 2.88. The van der Waals surface area contributed by atoms with Gasteiger partial charge in [0.15, 0.2) is 0 Å². The number of benzene rings is 2. The largest absolute Gasteiger partial charge is 0.508 e. The summed E-state index contributed by atoms with van der Waals surface area (Å²) in [5, 5.41) is 12.2. The van der Waals surface area contributed by atoms with Crippen molar-refractivity contribution in [2.75, 3.05) is 0 Å². The zero-order chi connectivity index (χ0) is 13.5. The summed E-state index contributed by atoms with van der Waals surface area (Å²) < 4.78 is 0. The smallest absolute Gasteiger partial charge is 0.220 e. The highest BCUT2D eigenvalue weighted by Crippen LogP contribution is 2.10. The van der Waals surface area contributed by atoms with E-state index in [0.29, 0.717) is 13.0 Å². The number of phenols is 1. The Hall–Kier alpha value is -2.29. The van der Waals surface area contributed by atoms with Crippen LogP contribution in [0.1, 0.15) is 17.5 Å². The van der Waals surface area contributed by atoms with Crippen molar-refractivity contribution in [1.82, 2.24) is 5.32 Å². The quantitative estimate of drug-likeness (QED) is 0.863. The number of rotatable bonds is 5. The lowest BCUT2D eigenvalue weighted by Crippen LogP contribution is -2.22. The van der Waals surface area contributed by atoms with Gasteiger partial charge in [-0.05, 0) is 29.7 Å². The Morgan fingerprint density at radius 3 is 2.47 bits per heavy atom. The van der Waals surface area contributed by atoms with Gasteiger partial charge in [-0.1, -0.05) is 42.5 Å². The van der Waals surface area contributed by atoms with Gasteiger partial charge in [0.25, 0.3) is 0 Å². The molecule has 2 N–H and O–H groups in total. The monoisotopic (exact) mass is 255 g/mol. The van der Waals surface area contributed by atoms with Gasteiger partial charge < -0.3 is 10.4 Å². The van der Waals surface area contributed by atoms with Crippen molar-refractivity contribution in [3.63, 3.8) is 0 Å². The molecule has 0 unspecified atom stereocenters. The molecule has 2 aromatic rings. The van der Waals surface area contributed by atoms with Crippen LogP contribution < -0.4 is 5.32 Å². The second-order valence-electron chi connectivity index (χ2n) is 4.43. The Morgan fingerprint density at radius 2 is 1.74 bits per heavy atom. The number of carbonyl (C=O) groups excluding carboxylic acids is 1. The average molecular weight is 255 g/mol. The molecule has 0 radical (unpaired) electrons. The van der Waals surface area contributed by atoms with E-state index >= 15 is 0 Å². The van der Waals surface area contributed by atoms with E-state index in [1.807, 2.05) is 36.4 Å². The van der Waals surface area contributed by atoms with Crippen LogP contribution in [0.15, 0.2) is 54.6 Å². The second kappa shape index (κ2) is 6.59. The molecule has 0 aliphatic carbocycles. The molecular weight excluding hydrogens is 238 g/mol. The van der Waals surface area contributed by atoms with E-state index in [1.54, 1.807) is 18.2 Å². The van der Waals surface area contributed by atoms with Crippen molar-refractivity contribution in [2.24, 2.45) is 0 Å². The molecule has 0 spiro atoms. The third kappa shape index (κ3) is 4.47. The lowest BCUT2D eigenvalue weighted by Gasteiger charge is -2.06. The molecular formula is C16H17NO2. The van der Waals surface area contributed by atoms with E-state index < -0.39 is 0 Å². The number of hydrogen-bond donors (Lipinski definition) is 2. The minimum absolute atomic E-state index is 0.0206. The molecule has 3 nitrogen and oxygen atoms in total. The molecule has 0 fully saturated rings. The number of aryl methyl sites for hydroxylation is 1. The second-order valence-corrected chi connectivity index (χ2v) is 4.43. The van der Waals surface area contributed by atoms with E-state index in [9.17, 15) is 9.90 Å². The molecule has 2 aromatic carbocycles. The Balaban J connectivity index is 1.76. The van der Waals surface area contributed by atoms with Crippen molar-refractivity contribution < 1.29 is 9.90 Å². The molecule has 0 aliphatic heterocycles. The Morgan fingerprint density at radius 1 is 1.00 bits per heavy atom. The Bertz CT molecular complexity index is 537. The van der Waals surface area contributed by atoms with Crippen molar-refractivity contribution in [3.05, 3.63) is 65.7 Å². The van der Waals surface area contributed by atoms with Crippen LogP contribution in [0.2, 0.25) is 0 Å². The number of amides is 1. The fraction of sp³-hybridized carbons (Fsp3) is 0.188. The number of hydrogen-bond acceptors (Lipinski definition) is 2. The predicted molar refractivity (Wildman–Crippen MR) is 74.7 cm³/mol.